The molecule has 0 saturated heterocycles. The van der Waals surface area contributed by atoms with Gasteiger partial charge in [0.1, 0.15) is 5.82 Å². The molecule has 0 saturated carbocycles. The molecule has 0 aliphatic carbocycles. The zero-order chi connectivity index (χ0) is 13.2. The van der Waals surface area contributed by atoms with Gasteiger partial charge in [-0.15, -0.1) is 6.42 Å². The molecule has 92 valence electrons. The highest BCUT2D eigenvalue weighted by Gasteiger charge is 2.21. The van der Waals surface area contributed by atoms with Crippen molar-refractivity contribution in [3.8, 4) is 12.3 Å². The molecule has 0 heterocycles. The Labute approximate surface area is 101 Å². The molecule has 0 bridgehead atoms. The van der Waals surface area contributed by atoms with Gasteiger partial charge in [0.2, 0.25) is 10.0 Å². The maximum Gasteiger partial charge on any atom is 0.242 e. The average Bonchev–Trinajstić information content (AvgIpc) is 2.14. The highest BCUT2D eigenvalue weighted by atomic mass is 32.2. The van der Waals surface area contributed by atoms with Crippen molar-refractivity contribution in [1.82, 2.24) is 4.72 Å². The molecule has 0 aromatic heterocycles. The summed E-state index contributed by atoms with van der Waals surface area (Å²) in [6, 6.07) is 1.76. The summed E-state index contributed by atoms with van der Waals surface area (Å²) in [5, 5.41) is 0. The van der Waals surface area contributed by atoms with Crippen LogP contribution in [0.25, 0.3) is 0 Å². The van der Waals surface area contributed by atoms with Gasteiger partial charge in [0, 0.05) is 0 Å². The first-order valence-electron chi connectivity index (χ1n) is 5.03. The number of aryl methyl sites for hydroxylation is 2. The summed E-state index contributed by atoms with van der Waals surface area (Å²) in [6.45, 7) is 4.65. The highest BCUT2D eigenvalue weighted by Crippen LogP contribution is 2.21. The molecule has 1 atom stereocenters. The zero-order valence-electron chi connectivity index (χ0n) is 9.91. The van der Waals surface area contributed by atoms with E-state index in [9.17, 15) is 12.8 Å². The summed E-state index contributed by atoms with van der Waals surface area (Å²) in [7, 11) is -3.71. The van der Waals surface area contributed by atoms with E-state index in [2.05, 4.69) is 10.6 Å². The number of rotatable bonds is 3. The number of halogens is 1. The first kappa shape index (κ1) is 13.7. The predicted molar refractivity (Wildman–Crippen MR) is 64.5 cm³/mol. The van der Waals surface area contributed by atoms with Gasteiger partial charge in [0.05, 0.1) is 10.9 Å². The van der Waals surface area contributed by atoms with Crippen LogP contribution in [0.15, 0.2) is 17.0 Å². The van der Waals surface area contributed by atoms with Crippen LogP contribution in [0.4, 0.5) is 4.39 Å². The van der Waals surface area contributed by atoms with Crippen molar-refractivity contribution in [3.63, 3.8) is 0 Å². The fourth-order valence-corrected chi connectivity index (χ4v) is 3.26. The summed E-state index contributed by atoms with van der Waals surface area (Å²) >= 11 is 0. The largest absolute Gasteiger partial charge is 0.242 e. The molecule has 0 radical (unpaired) electrons. The van der Waals surface area contributed by atoms with E-state index in [1.807, 2.05) is 0 Å². The molecule has 17 heavy (non-hydrogen) atoms. The Morgan fingerprint density at radius 1 is 1.35 bits per heavy atom. The third-order valence-corrected chi connectivity index (χ3v) is 4.12. The van der Waals surface area contributed by atoms with Crippen molar-refractivity contribution in [2.45, 2.75) is 31.7 Å². The van der Waals surface area contributed by atoms with Crippen LogP contribution >= 0.6 is 0 Å². The van der Waals surface area contributed by atoms with Crippen LogP contribution in [-0.2, 0) is 10.0 Å². The van der Waals surface area contributed by atoms with E-state index in [1.54, 1.807) is 20.8 Å². The maximum absolute atomic E-state index is 13.1. The number of hydrogen-bond acceptors (Lipinski definition) is 2. The molecule has 0 fully saturated rings. The van der Waals surface area contributed by atoms with Gasteiger partial charge in [-0.1, -0.05) is 5.92 Å². The molecule has 3 nitrogen and oxygen atoms in total. The third kappa shape index (κ3) is 3.05. The van der Waals surface area contributed by atoms with E-state index in [0.29, 0.717) is 11.1 Å². The lowest BCUT2D eigenvalue weighted by Crippen LogP contribution is -2.32. The van der Waals surface area contributed by atoms with E-state index in [1.165, 1.54) is 12.1 Å². The highest BCUT2D eigenvalue weighted by molar-refractivity contribution is 7.89. The number of terminal acetylenes is 1. The van der Waals surface area contributed by atoms with Crippen LogP contribution in [0, 0.1) is 32.0 Å². The molecule has 1 N–H and O–H groups in total. The summed E-state index contributed by atoms with van der Waals surface area (Å²) in [4.78, 5) is 0.0843. The van der Waals surface area contributed by atoms with Crippen LogP contribution in [0.1, 0.15) is 18.1 Å². The molecule has 0 aliphatic heterocycles. The summed E-state index contributed by atoms with van der Waals surface area (Å²) < 4.78 is 39.5. The molecular weight excluding hydrogens is 241 g/mol. The quantitative estimate of drug-likeness (QED) is 0.836. The minimum atomic E-state index is -3.71. The summed E-state index contributed by atoms with van der Waals surface area (Å²) in [5.41, 5.74) is 0.721. The molecule has 0 amide bonds. The van der Waals surface area contributed by atoms with Crippen molar-refractivity contribution in [2.24, 2.45) is 0 Å². The number of sulfonamides is 1. The normalized spacial score (nSPS) is 13.1. The zero-order valence-corrected chi connectivity index (χ0v) is 10.7. The minimum absolute atomic E-state index is 0.0843. The maximum atomic E-state index is 13.1. The topological polar surface area (TPSA) is 46.2 Å². The van der Waals surface area contributed by atoms with Crippen LogP contribution in [0.5, 0.6) is 0 Å². The lowest BCUT2D eigenvalue weighted by molar-refractivity contribution is 0.575. The van der Waals surface area contributed by atoms with Gasteiger partial charge >= 0.3 is 0 Å². The van der Waals surface area contributed by atoms with Crippen molar-refractivity contribution >= 4 is 10.0 Å². The van der Waals surface area contributed by atoms with E-state index < -0.39 is 21.9 Å². The number of nitrogens with one attached hydrogen (secondary N) is 1. The summed E-state index contributed by atoms with van der Waals surface area (Å²) in [5.74, 6) is 1.82. The summed E-state index contributed by atoms with van der Waals surface area (Å²) in [6.07, 6.45) is 5.12. The molecule has 0 aliphatic rings. The Balaban J connectivity index is 3.31. The Kier molecular flexibility index (Phi) is 3.91. The van der Waals surface area contributed by atoms with E-state index in [0.717, 1.165) is 0 Å². The first-order valence-corrected chi connectivity index (χ1v) is 6.51. The molecule has 1 aromatic rings. The van der Waals surface area contributed by atoms with Gasteiger partial charge in [0.15, 0.2) is 0 Å². The van der Waals surface area contributed by atoms with E-state index in [-0.39, 0.29) is 4.90 Å². The molecule has 0 spiro atoms. The smallest absolute Gasteiger partial charge is 0.207 e. The molecule has 5 heteroatoms. The van der Waals surface area contributed by atoms with Gasteiger partial charge in [-0.25, -0.2) is 12.8 Å². The van der Waals surface area contributed by atoms with Crippen molar-refractivity contribution in [2.75, 3.05) is 0 Å². The lowest BCUT2D eigenvalue weighted by Gasteiger charge is -2.13. The minimum Gasteiger partial charge on any atom is -0.207 e. The lowest BCUT2D eigenvalue weighted by atomic mass is 10.1. The monoisotopic (exact) mass is 255 g/mol. The number of benzene rings is 1. The molecule has 1 aromatic carbocycles. The Hall–Kier alpha value is -1.38. The van der Waals surface area contributed by atoms with Gasteiger partial charge in [0.25, 0.3) is 0 Å². The molecule has 1 unspecified atom stereocenters. The average molecular weight is 255 g/mol. The van der Waals surface area contributed by atoms with Crippen LogP contribution in [0.3, 0.4) is 0 Å². The van der Waals surface area contributed by atoms with Crippen LogP contribution < -0.4 is 4.72 Å². The van der Waals surface area contributed by atoms with E-state index in [4.69, 9.17) is 6.42 Å². The predicted octanol–water partition coefficient (Wildman–Crippen LogP) is 1.74. The van der Waals surface area contributed by atoms with Gasteiger partial charge in [-0.05, 0) is 44.0 Å². The van der Waals surface area contributed by atoms with Gasteiger partial charge < -0.3 is 0 Å². The Morgan fingerprint density at radius 2 is 1.82 bits per heavy atom. The van der Waals surface area contributed by atoms with Crippen molar-refractivity contribution in [1.29, 1.82) is 0 Å². The van der Waals surface area contributed by atoms with Gasteiger partial charge in [-0.2, -0.15) is 4.72 Å². The second-order valence-corrected chi connectivity index (χ2v) is 5.53. The molecular formula is C12H14FNO2S. The van der Waals surface area contributed by atoms with Crippen LogP contribution in [-0.4, -0.2) is 14.5 Å². The van der Waals surface area contributed by atoms with Gasteiger partial charge in [-0.3, -0.25) is 0 Å². The Bertz CT molecular complexity index is 550. The van der Waals surface area contributed by atoms with E-state index >= 15 is 0 Å². The second-order valence-electron chi connectivity index (χ2n) is 3.88. The third-order valence-electron chi connectivity index (χ3n) is 2.28. The Morgan fingerprint density at radius 3 is 2.24 bits per heavy atom. The number of hydrogen-bond donors (Lipinski definition) is 1. The fraction of sp³-hybridized carbons (Fsp3) is 0.333. The second kappa shape index (κ2) is 4.86. The fourth-order valence-electron chi connectivity index (χ4n) is 1.65. The van der Waals surface area contributed by atoms with Crippen molar-refractivity contribution < 1.29 is 12.8 Å². The molecule has 1 rings (SSSR count). The first-order chi connectivity index (χ1) is 7.77. The van der Waals surface area contributed by atoms with Crippen LogP contribution in [0.2, 0.25) is 0 Å². The standard InChI is InChI=1S/C12H14FNO2S/c1-5-10(4)14-17(15,16)12-8(2)6-11(13)7-9(12)3/h1,6-7,10,14H,2-4H3. The SMILES string of the molecule is C#CC(C)NS(=O)(=O)c1c(C)cc(F)cc1C. The van der Waals surface area contributed by atoms with Crippen molar-refractivity contribution in [3.05, 3.63) is 29.1 Å².